The molecule has 0 amide bonds. The van der Waals surface area contributed by atoms with Gasteiger partial charge in [-0.25, -0.2) is 0 Å². The summed E-state index contributed by atoms with van der Waals surface area (Å²) in [5.41, 5.74) is 5.68. The van der Waals surface area contributed by atoms with Crippen LogP contribution in [-0.2, 0) is 19.1 Å². The monoisotopic (exact) mass is 203 g/mol. The van der Waals surface area contributed by atoms with Crippen molar-refractivity contribution in [2.75, 3.05) is 0 Å². The second-order valence-corrected chi connectivity index (χ2v) is 3.00. The van der Waals surface area contributed by atoms with E-state index in [4.69, 9.17) is 5.73 Å². The predicted octanol–water partition coefficient (Wildman–Crippen LogP) is 2.73. The smallest absolute Gasteiger partial charge is 0.326 e. The largest absolute Gasteiger partial charge is 0.416 e. The first-order chi connectivity index (χ1) is 6.50. The molecule has 1 aromatic rings. The Morgan fingerprint density at radius 3 is 2.36 bits per heavy atom. The highest BCUT2D eigenvalue weighted by Gasteiger charge is 2.33. The summed E-state index contributed by atoms with van der Waals surface area (Å²) in [5, 5.41) is 0. The van der Waals surface area contributed by atoms with E-state index >= 15 is 0 Å². The summed E-state index contributed by atoms with van der Waals surface area (Å²) in [5.74, 6) is 0. The predicted molar refractivity (Wildman–Crippen MR) is 48.7 cm³/mol. The van der Waals surface area contributed by atoms with E-state index in [2.05, 4.69) is 0 Å². The molecule has 0 aliphatic rings. The van der Waals surface area contributed by atoms with Gasteiger partial charge in [-0.05, 0) is 23.6 Å². The summed E-state index contributed by atoms with van der Waals surface area (Å²) in [6.45, 7) is 1.84. The molecule has 0 saturated carbocycles. The van der Waals surface area contributed by atoms with Crippen LogP contribution in [-0.4, -0.2) is 0 Å². The fourth-order valence-corrected chi connectivity index (χ4v) is 1.51. The zero-order valence-electron chi connectivity index (χ0n) is 7.86. The number of hydrogen-bond donors (Lipinski definition) is 1. The van der Waals surface area contributed by atoms with Gasteiger partial charge in [-0.15, -0.1) is 0 Å². The number of halogens is 3. The van der Waals surface area contributed by atoms with Crippen LogP contribution < -0.4 is 5.73 Å². The molecule has 0 aromatic heterocycles. The number of benzene rings is 1. The second kappa shape index (κ2) is 4.00. The van der Waals surface area contributed by atoms with Crippen molar-refractivity contribution in [1.82, 2.24) is 0 Å². The number of alkyl halides is 3. The zero-order valence-corrected chi connectivity index (χ0v) is 7.86. The lowest BCUT2D eigenvalue weighted by Gasteiger charge is -2.14. The first kappa shape index (κ1) is 11.0. The maximum absolute atomic E-state index is 12.5. The lowest BCUT2D eigenvalue weighted by Crippen LogP contribution is -2.12. The Bertz CT molecular complexity index is 318. The molecule has 0 fully saturated rings. The standard InChI is InChI=1S/C10H12F3N/c1-2-8-7(6-14)4-3-5-9(8)10(11,12)13/h3-5H,2,6,14H2,1H3. The molecular formula is C10H12F3N. The van der Waals surface area contributed by atoms with Gasteiger partial charge in [0.25, 0.3) is 0 Å². The highest BCUT2D eigenvalue weighted by Crippen LogP contribution is 2.33. The molecule has 0 radical (unpaired) electrons. The average Bonchev–Trinajstić information content (AvgIpc) is 2.15. The van der Waals surface area contributed by atoms with Gasteiger partial charge in [0.2, 0.25) is 0 Å². The molecule has 0 aliphatic heterocycles. The zero-order chi connectivity index (χ0) is 10.8. The van der Waals surface area contributed by atoms with Gasteiger partial charge in [0.1, 0.15) is 0 Å². The molecule has 78 valence electrons. The third-order valence-electron chi connectivity index (χ3n) is 2.15. The molecule has 2 N–H and O–H groups in total. The van der Waals surface area contributed by atoms with Gasteiger partial charge < -0.3 is 5.73 Å². The van der Waals surface area contributed by atoms with Crippen molar-refractivity contribution in [2.45, 2.75) is 26.1 Å². The minimum Gasteiger partial charge on any atom is -0.326 e. The van der Waals surface area contributed by atoms with Gasteiger partial charge in [-0.2, -0.15) is 13.2 Å². The number of nitrogens with two attached hydrogens (primary N) is 1. The third-order valence-corrected chi connectivity index (χ3v) is 2.15. The Kier molecular flexibility index (Phi) is 3.16. The minimum absolute atomic E-state index is 0.146. The Labute approximate surface area is 80.7 Å². The summed E-state index contributed by atoms with van der Waals surface area (Å²) in [6.07, 6.45) is -3.93. The van der Waals surface area contributed by atoms with Gasteiger partial charge in [-0.1, -0.05) is 19.1 Å². The van der Waals surface area contributed by atoms with Crippen LogP contribution in [0.2, 0.25) is 0 Å². The molecular weight excluding hydrogens is 191 g/mol. The molecule has 0 unspecified atom stereocenters. The third kappa shape index (κ3) is 2.07. The molecule has 1 nitrogen and oxygen atoms in total. The Morgan fingerprint density at radius 1 is 1.29 bits per heavy atom. The topological polar surface area (TPSA) is 26.0 Å². The Hall–Kier alpha value is -1.03. The molecule has 1 rings (SSSR count). The van der Waals surface area contributed by atoms with Crippen LogP contribution in [0.5, 0.6) is 0 Å². The maximum Gasteiger partial charge on any atom is 0.416 e. The van der Waals surface area contributed by atoms with E-state index in [9.17, 15) is 13.2 Å². The molecule has 4 heteroatoms. The van der Waals surface area contributed by atoms with Gasteiger partial charge in [0.05, 0.1) is 5.56 Å². The van der Waals surface area contributed by atoms with Crippen molar-refractivity contribution in [2.24, 2.45) is 5.73 Å². The normalized spacial score (nSPS) is 11.8. The second-order valence-electron chi connectivity index (χ2n) is 3.00. The fourth-order valence-electron chi connectivity index (χ4n) is 1.51. The van der Waals surface area contributed by atoms with E-state index in [1.54, 1.807) is 13.0 Å². The van der Waals surface area contributed by atoms with Crippen LogP contribution in [0.15, 0.2) is 18.2 Å². The fraction of sp³-hybridized carbons (Fsp3) is 0.400. The highest BCUT2D eigenvalue weighted by molar-refractivity contribution is 5.37. The van der Waals surface area contributed by atoms with Crippen molar-refractivity contribution in [1.29, 1.82) is 0 Å². The van der Waals surface area contributed by atoms with E-state index in [1.165, 1.54) is 6.07 Å². The Morgan fingerprint density at radius 2 is 1.93 bits per heavy atom. The number of rotatable bonds is 2. The van der Waals surface area contributed by atoms with Crippen molar-refractivity contribution in [3.8, 4) is 0 Å². The van der Waals surface area contributed by atoms with Gasteiger partial charge in [0.15, 0.2) is 0 Å². The summed E-state index contributed by atoms with van der Waals surface area (Å²) < 4.78 is 37.5. The van der Waals surface area contributed by atoms with Crippen LogP contribution in [0.4, 0.5) is 13.2 Å². The molecule has 14 heavy (non-hydrogen) atoms. The van der Waals surface area contributed by atoms with Gasteiger partial charge in [0, 0.05) is 6.54 Å². The van der Waals surface area contributed by atoms with Crippen LogP contribution in [0.3, 0.4) is 0 Å². The first-order valence-corrected chi connectivity index (χ1v) is 4.38. The van der Waals surface area contributed by atoms with Crippen molar-refractivity contribution in [3.05, 3.63) is 34.9 Å². The number of hydrogen-bond acceptors (Lipinski definition) is 1. The van der Waals surface area contributed by atoms with Crippen molar-refractivity contribution < 1.29 is 13.2 Å². The van der Waals surface area contributed by atoms with Crippen LogP contribution in [0.1, 0.15) is 23.6 Å². The SMILES string of the molecule is CCc1c(CN)cccc1C(F)(F)F. The van der Waals surface area contributed by atoms with E-state index in [0.29, 0.717) is 17.5 Å². The molecule has 0 spiro atoms. The van der Waals surface area contributed by atoms with Crippen molar-refractivity contribution in [3.63, 3.8) is 0 Å². The van der Waals surface area contributed by atoms with E-state index in [1.807, 2.05) is 0 Å². The molecule has 0 saturated heterocycles. The molecule has 1 aromatic carbocycles. The molecule has 0 aliphatic carbocycles. The van der Waals surface area contributed by atoms with Gasteiger partial charge in [-0.3, -0.25) is 0 Å². The highest BCUT2D eigenvalue weighted by atomic mass is 19.4. The van der Waals surface area contributed by atoms with Crippen LogP contribution in [0.25, 0.3) is 0 Å². The minimum atomic E-state index is -4.28. The first-order valence-electron chi connectivity index (χ1n) is 4.38. The van der Waals surface area contributed by atoms with Gasteiger partial charge >= 0.3 is 6.18 Å². The summed E-state index contributed by atoms with van der Waals surface area (Å²) in [6, 6.07) is 4.12. The summed E-state index contributed by atoms with van der Waals surface area (Å²) >= 11 is 0. The summed E-state index contributed by atoms with van der Waals surface area (Å²) in [7, 11) is 0. The van der Waals surface area contributed by atoms with Crippen LogP contribution >= 0.6 is 0 Å². The van der Waals surface area contributed by atoms with Crippen LogP contribution in [0, 0.1) is 0 Å². The quantitative estimate of drug-likeness (QED) is 0.785. The maximum atomic E-state index is 12.5. The van der Waals surface area contributed by atoms with E-state index in [-0.39, 0.29) is 6.54 Å². The molecule has 0 bridgehead atoms. The van der Waals surface area contributed by atoms with E-state index in [0.717, 1.165) is 6.07 Å². The summed E-state index contributed by atoms with van der Waals surface area (Å²) in [4.78, 5) is 0. The Balaban J connectivity index is 3.29. The average molecular weight is 203 g/mol. The van der Waals surface area contributed by atoms with E-state index < -0.39 is 11.7 Å². The van der Waals surface area contributed by atoms with Crippen molar-refractivity contribution >= 4 is 0 Å². The molecule has 0 heterocycles. The lowest BCUT2D eigenvalue weighted by atomic mass is 9.98. The molecule has 0 atom stereocenters. The lowest BCUT2D eigenvalue weighted by molar-refractivity contribution is -0.138.